The molecule has 1 aromatic rings. The highest BCUT2D eigenvalue weighted by molar-refractivity contribution is 5.26. The highest BCUT2D eigenvalue weighted by atomic mass is 16.3. The Morgan fingerprint density at radius 2 is 1.67 bits per heavy atom. The molecule has 0 spiro atoms. The summed E-state index contributed by atoms with van der Waals surface area (Å²) in [6.07, 6.45) is 1.15. The van der Waals surface area contributed by atoms with E-state index in [2.05, 4.69) is 0 Å². The summed E-state index contributed by atoms with van der Waals surface area (Å²) in [7, 11) is 0. The van der Waals surface area contributed by atoms with E-state index in [-0.39, 0.29) is 11.8 Å². The molecule has 84 valence electrons. The largest absolute Gasteiger partial charge is 0.508 e. The monoisotopic (exact) mass is 210 g/mol. The summed E-state index contributed by atoms with van der Waals surface area (Å²) in [4.78, 5) is 0. The summed E-state index contributed by atoms with van der Waals surface area (Å²) in [5.74, 6) is 0.254. The number of benzene rings is 1. The zero-order chi connectivity index (χ0) is 11.3. The molecule has 1 aromatic carbocycles. The van der Waals surface area contributed by atoms with Crippen LogP contribution >= 0.6 is 0 Å². The van der Waals surface area contributed by atoms with Crippen LogP contribution in [0.5, 0.6) is 5.75 Å². The summed E-state index contributed by atoms with van der Waals surface area (Å²) < 4.78 is 0. The maximum atomic E-state index is 9.09. The normalized spacial score (nSPS) is 14.9. The molecular formula is C11H18N2O2. The number of hydrogen-bond donors (Lipinski definition) is 4. The minimum Gasteiger partial charge on any atom is -0.508 e. The average molecular weight is 210 g/mol. The van der Waals surface area contributed by atoms with Gasteiger partial charge >= 0.3 is 0 Å². The van der Waals surface area contributed by atoms with Crippen LogP contribution in [0.3, 0.4) is 0 Å². The molecule has 0 aliphatic carbocycles. The van der Waals surface area contributed by atoms with Crippen LogP contribution in [0.1, 0.15) is 18.4 Å². The van der Waals surface area contributed by atoms with Gasteiger partial charge in [-0.25, -0.2) is 0 Å². The van der Waals surface area contributed by atoms with Gasteiger partial charge in [0.05, 0.1) is 0 Å². The zero-order valence-corrected chi connectivity index (χ0v) is 8.63. The number of nitrogens with two attached hydrogens (primary N) is 2. The van der Waals surface area contributed by atoms with Gasteiger partial charge in [-0.1, -0.05) is 12.1 Å². The van der Waals surface area contributed by atoms with Gasteiger partial charge in [0.15, 0.2) is 0 Å². The molecule has 0 aromatic heterocycles. The molecule has 0 bridgehead atoms. The summed E-state index contributed by atoms with van der Waals surface area (Å²) in [6.45, 7) is 0. The molecule has 4 heteroatoms. The van der Waals surface area contributed by atoms with Crippen molar-refractivity contribution in [2.24, 2.45) is 11.5 Å². The van der Waals surface area contributed by atoms with E-state index in [0.29, 0.717) is 12.8 Å². The Balaban J connectivity index is 2.37. The van der Waals surface area contributed by atoms with Gasteiger partial charge in [-0.05, 0) is 37.0 Å². The Kier molecular flexibility index (Phi) is 4.55. The van der Waals surface area contributed by atoms with Gasteiger partial charge in [0.1, 0.15) is 12.0 Å². The van der Waals surface area contributed by atoms with Crippen molar-refractivity contribution in [1.29, 1.82) is 0 Å². The Hall–Kier alpha value is -1.10. The van der Waals surface area contributed by atoms with Crippen molar-refractivity contribution in [3.63, 3.8) is 0 Å². The number of rotatable bonds is 5. The van der Waals surface area contributed by atoms with Crippen LogP contribution in [-0.4, -0.2) is 22.5 Å². The van der Waals surface area contributed by atoms with Crippen LogP contribution < -0.4 is 11.5 Å². The first-order valence-corrected chi connectivity index (χ1v) is 5.05. The van der Waals surface area contributed by atoms with Crippen molar-refractivity contribution in [2.75, 3.05) is 0 Å². The molecule has 0 aliphatic heterocycles. The Morgan fingerprint density at radius 1 is 1.07 bits per heavy atom. The van der Waals surface area contributed by atoms with Crippen LogP contribution in [0.4, 0.5) is 0 Å². The lowest BCUT2D eigenvalue weighted by Crippen LogP contribution is -2.27. The summed E-state index contributed by atoms with van der Waals surface area (Å²) >= 11 is 0. The minimum atomic E-state index is -0.782. The van der Waals surface area contributed by atoms with Gasteiger partial charge in [-0.3, -0.25) is 0 Å². The van der Waals surface area contributed by atoms with Crippen molar-refractivity contribution >= 4 is 0 Å². The Morgan fingerprint density at radius 3 is 2.20 bits per heavy atom. The average Bonchev–Trinajstić information content (AvgIpc) is 2.19. The first-order valence-electron chi connectivity index (χ1n) is 5.05. The Bertz CT molecular complexity index is 285. The first-order chi connectivity index (χ1) is 7.08. The summed E-state index contributed by atoms with van der Waals surface area (Å²) in [6, 6.07) is 6.95. The topological polar surface area (TPSA) is 92.5 Å². The fourth-order valence-corrected chi connectivity index (χ4v) is 1.42. The number of aromatic hydroxyl groups is 1. The second-order valence-electron chi connectivity index (χ2n) is 3.78. The molecule has 4 nitrogen and oxygen atoms in total. The molecule has 0 saturated heterocycles. The third-order valence-electron chi connectivity index (χ3n) is 2.27. The molecular weight excluding hydrogens is 192 g/mol. The van der Waals surface area contributed by atoms with Crippen LogP contribution in [0.25, 0.3) is 0 Å². The number of phenolic OH excluding ortho intramolecular Hbond substituents is 1. The van der Waals surface area contributed by atoms with E-state index in [1.807, 2.05) is 12.1 Å². The van der Waals surface area contributed by atoms with E-state index < -0.39 is 6.23 Å². The second-order valence-corrected chi connectivity index (χ2v) is 3.78. The van der Waals surface area contributed by atoms with Crippen molar-refractivity contribution in [2.45, 2.75) is 31.5 Å². The van der Waals surface area contributed by atoms with Gasteiger partial charge < -0.3 is 21.7 Å². The zero-order valence-electron chi connectivity index (χ0n) is 8.63. The van der Waals surface area contributed by atoms with Crippen molar-refractivity contribution in [1.82, 2.24) is 0 Å². The molecule has 2 unspecified atom stereocenters. The van der Waals surface area contributed by atoms with E-state index in [9.17, 15) is 0 Å². The molecule has 6 N–H and O–H groups in total. The molecule has 0 heterocycles. The molecule has 0 saturated carbocycles. The molecule has 0 amide bonds. The smallest absolute Gasteiger partial charge is 0.115 e. The number of hydrogen-bond acceptors (Lipinski definition) is 4. The molecule has 0 radical (unpaired) electrons. The van der Waals surface area contributed by atoms with Crippen LogP contribution in [0.2, 0.25) is 0 Å². The third kappa shape index (κ3) is 4.78. The van der Waals surface area contributed by atoms with Crippen LogP contribution in [-0.2, 0) is 6.42 Å². The van der Waals surface area contributed by atoms with Crippen molar-refractivity contribution in [3.05, 3.63) is 29.8 Å². The Labute approximate surface area is 89.5 Å². The predicted molar refractivity (Wildman–Crippen MR) is 59.2 cm³/mol. The van der Waals surface area contributed by atoms with Gasteiger partial charge in [-0.15, -0.1) is 0 Å². The molecule has 1 rings (SSSR count). The molecule has 0 fully saturated rings. The lowest BCUT2D eigenvalue weighted by atomic mass is 10.0. The number of aliphatic hydroxyl groups excluding tert-OH is 1. The van der Waals surface area contributed by atoms with E-state index in [1.165, 1.54) is 0 Å². The van der Waals surface area contributed by atoms with E-state index >= 15 is 0 Å². The van der Waals surface area contributed by atoms with E-state index in [1.54, 1.807) is 12.1 Å². The molecule has 15 heavy (non-hydrogen) atoms. The fourth-order valence-electron chi connectivity index (χ4n) is 1.42. The SMILES string of the molecule is NC(O)CCC(N)Cc1ccc(O)cc1. The summed E-state index contributed by atoms with van der Waals surface area (Å²) in [5, 5.41) is 18.0. The summed E-state index contributed by atoms with van der Waals surface area (Å²) in [5.41, 5.74) is 12.2. The number of aliphatic hydroxyl groups is 1. The highest BCUT2D eigenvalue weighted by Gasteiger charge is 2.06. The first kappa shape index (κ1) is 12.0. The maximum Gasteiger partial charge on any atom is 0.115 e. The lowest BCUT2D eigenvalue weighted by Gasteiger charge is -2.12. The van der Waals surface area contributed by atoms with E-state index in [0.717, 1.165) is 12.0 Å². The highest BCUT2D eigenvalue weighted by Crippen LogP contribution is 2.12. The van der Waals surface area contributed by atoms with Gasteiger partial charge in [0.2, 0.25) is 0 Å². The van der Waals surface area contributed by atoms with Crippen LogP contribution in [0, 0.1) is 0 Å². The molecule has 2 atom stereocenters. The van der Waals surface area contributed by atoms with Crippen molar-refractivity contribution in [3.8, 4) is 5.75 Å². The fraction of sp³-hybridized carbons (Fsp3) is 0.455. The van der Waals surface area contributed by atoms with Crippen LogP contribution in [0.15, 0.2) is 24.3 Å². The third-order valence-corrected chi connectivity index (χ3v) is 2.27. The van der Waals surface area contributed by atoms with E-state index in [4.69, 9.17) is 21.7 Å². The predicted octanol–water partition coefficient (Wildman–Crippen LogP) is 0.319. The minimum absolute atomic E-state index is 0.00672. The quantitative estimate of drug-likeness (QED) is 0.527. The lowest BCUT2D eigenvalue weighted by molar-refractivity contribution is 0.166. The number of phenols is 1. The standard InChI is InChI=1S/C11H18N2O2/c12-9(3-6-11(13)15)7-8-1-4-10(14)5-2-8/h1-2,4-5,9,11,14-15H,3,6-7,12-13H2. The van der Waals surface area contributed by atoms with Gasteiger partial charge in [0, 0.05) is 6.04 Å². The second kappa shape index (κ2) is 5.70. The molecule has 0 aliphatic rings. The van der Waals surface area contributed by atoms with Gasteiger partial charge in [0.25, 0.3) is 0 Å². The van der Waals surface area contributed by atoms with Crippen molar-refractivity contribution < 1.29 is 10.2 Å². The van der Waals surface area contributed by atoms with Gasteiger partial charge in [-0.2, -0.15) is 0 Å². The maximum absolute atomic E-state index is 9.09.